The second-order valence-electron chi connectivity index (χ2n) is 6.98. The predicted molar refractivity (Wildman–Crippen MR) is 104 cm³/mol. The lowest BCUT2D eigenvalue weighted by molar-refractivity contribution is -0.0268. The maximum atomic E-state index is 9.97. The van der Waals surface area contributed by atoms with Crippen molar-refractivity contribution < 1.29 is 40.1 Å². The van der Waals surface area contributed by atoms with Crippen LogP contribution in [0.5, 0.6) is 0 Å². The standard InChI is InChI=1S/C18H40N2O8/c1-16(12-27-14-17(25)10-19(2-6-21)3-7-22)13-28-15-18(26)11-20(4-8-23)5-9-24/h16-18,21-26H,2-15H2,1H3. The molecule has 170 valence electrons. The molecule has 0 aliphatic heterocycles. The van der Waals surface area contributed by atoms with Crippen LogP contribution < -0.4 is 0 Å². The Labute approximate surface area is 167 Å². The van der Waals surface area contributed by atoms with Gasteiger partial charge < -0.3 is 40.1 Å². The lowest BCUT2D eigenvalue weighted by Gasteiger charge is -2.24. The molecule has 0 radical (unpaired) electrons. The second kappa shape index (κ2) is 18.6. The maximum Gasteiger partial charge on any atom is 0.0900 e. The highest BCUT2D eigenvalue weighted by molar-refractivity contribution is 4.65. The van der Waals surface area contributed by atoms with Gasteiger partial charge in [-0.2, -0.15) is 0 Å². The Morgan fingerprint density at radius 3 is 1.21 bits per heavy atom. The average Bonchev–Trinajstić information content (AvgIpc) is 2.62. The summed E-state index contributed by atoms with van der Waals surface area (Å²) in [6.07, 6.45) is -1.42. The van der Waals surface area contributed by atoms with Gasteiger partial charge in [-0.15, -0.1) is 0 Å². The van der Waals surface area contributed by atoms with Gasteiger partial charge in [0.25, 0.3) is 0 Å². The van der Waals surface area contributed by atoms with E-state index < -0.39 is 12.2 Å². The first-order chi connectivity index (χ1) is 13.5. The zero-order valence-electron chi connectivity index (χ0n) is 17.0. The average molecular weight is 413 g/mol. The van der Waals surface area contributed by atoms with Crippen LogP contribution in [0.1, 0.15) is 6.92 Å². The van der Waals surface area contributed by atoms with Gasteiger partial charge in [-0.3, -0.25) is 9.80 Å². The van der Waals surface area contributed by atoms with E-state index >= 15 is 0 Å². The van der Waals surface area contributed by atoms with E-state index in [4.69, 9.17) is 29.9 Å². The zero-order chi connectivity index (χ0) is 21.2. The third kappa shape index (κ3) is 15.5. The van der Waals surface area contributed by atoms with Gasteiger partial charge in [0.2, 0.25) is 0 Å². The molecule has 0 aliphatic carbocycles. The van der Waals surface area contributed by atoms with Gasteiger partial charge in [-0.05, 0) is 0 Å². The number of aliphatic hydroxyl groups excluding tert-OH is 6. The Kier molecular flexibility index (Phi) is 18.4. The lowest BCUT2D eigenvalue weighted by Crippen LogP contribution is -2.39. The number of ether oxygens (including phenoxy) is 2. The van der Waals surface area contributed by atoms with E-state index in [0.717, 1.165) is 0 Å². The van der Waals surface area contributed by atoms with Crippen molar-refractivity contribution in [2.24, 2.45) is 5.92 Å². The first-order valence-corrected chi connectivity index (χ1v) is 9.86. The van der Waals surface area contributed by atoms with Gasteiger partial charge in [0, 0.05) is 45.2 Å². The topological polar surface area (TPSA) is 146 Å². The Balaban J connectivity index is 3.87. The Bertz CT molecular complexity index is 299. The largest absolute Gasteiger partial charge is 0.395 e. The molecule has 0 amide bonds. The number of hydrogen-bond donors (Lipinski definition) is 6. The molecule has 10 heteroatoms. The number of aliphatic hydroxyl groups is 6. The Morgan fingerprint density at radius 2 is 0.929 bits per heavy atom. The highest BCUT2D eigenvalue weighted by atomic mass is 16.5. The fourth-order valence-electron chi connectivity index (χ4n) is 2.71. The van der Waals surface area contributed by atoms with Gasteiger partial charge in [0.15, 0.2) is 0 Å². The minimum atomic E-state index is -0.711. The predicted octanol–water partition coefficient (Wildman–Crippen LogP) is -3.05. The van der Waals surface area contributed by atoms with Gasteiger partial charge in [-0.1, -0.05) is 6.92 Å². The molecular weight excluding hydrogens is 372 g/mol. The van der Waals surface area contributed by atoms with E-state index in [-0.39, 0.29) is 45.6 Å². The van der Waals surface area contributed by atoms with E-state index in [9.17, 15) is 10.2 Å². The van der Waals surface area contributed by atoms with Crippen molar-refractivity contribution in [3.63, 3.8) is 0 Å². The molecule has 0 aromatic carbocycles. The molecule has 0 saturated carbocycles. The third-order valence-corrected chi connectivity index (χ3v) is 4.03. The smallest absolute Gasteiger partial charge is 0.0900 e. The van der Waals surface area contributed by atoms with Crippen LogP contribution in [0, 0.1) is 5.92 Å². The summed E-state index contributed by atoms with van der Waals surface area (Å²) in [6.45, 7) is 5.07. The van der Waals surface area contributed by atoms with Gasteiger partial charge >= 0.3 is 0 Å². The molecule has 0 saturated heterocycles. The summed E-state index contributed by atoms with van der Waals surface area (Å²) in [5.41, 5.74) is 0. The highest BCUT2D eigenvalue weighted by Gasteiger charge is 2.14. The molecule has 28 heavy (non-hydrogen) atoms. The van der Waals surface area contributed by atoms with Crippen LogP contribution in [0.3, 0.4) is 0 Å². The van der Waals surface area contributed by atoms with E-state index in [1.54, 1.807) is 9.80 Å². The molecule has 6 N–H and O–H groups in total. The summed E-state index contributed by atoms with van der Waals surface area (Å²) in [6, 6.07) is 0. The number of hydrogen-bond acceptors (Lipinski definition) is 10. The van der Waals surface area contributed by atoms with Crippen LogP contribution in [0.2, 0.25) is 0 Å². The van der Waals surface area contributed by atoms with Crippen LogP contribution in [-0.4, -0.2) is 145 Å². The van der Waals surface area contributed by atoms with Crippen molar-refractivity contribution in [3.8, 4) is 0 Å². The molecular formula is C18H40N2O8. The van der Waals surface area contributed by atoms with Gasteiger partial charge in [-0.25, -0.2) is 0 Å². The van der Waals surface area contributed by atoms with Gasteiger partial charge in [0.1, 0.15) is 0 Å². The number of rotatable bonds is 20. The van der Waals surface area contributed by atoms with Crippen LogP contribution >= 0.6 is 0 Å². The fourth-order valence-corrected chi connectivity index (χ4v) is 2.71. The van der Waals surface area contributed by atoms with Crippen molar-refractivity contribution in [2.75, 3.05) is 92.1 Å². The fraction of sp³-hybridized carbons (Fsp3) is 1.00. The van der Waals surface area contributed by atoms with Crippen molar-refractivity contribution in [3.05, 3.63) is 0 Å². The highest BCUT2D eigenvalue weighted by Crippen LogP contribution is 2.01. The molecule has 0 heterocycles. The normalized spacial score (nSPS) is 15.3. The molecule has 2 atom stereocenters. The SMILES string of the molecule is CC(COCC(O)CN(CCO)CCO)COCC(O)CN(CCO)CCO. The van der Waals surface area contributed by atoms with Crippen molar-refractivity contribution >= 4 is 0 Å². The zero-order valence-corrected chi connectivity index (χ0v) is 17.0. The molecule has 0 rings (SSSR count). The lowest BCUT2D eigenvalue weighted by atomic mass is 10.2. The molecule has 0 aliphatic rings. The first-order valence-electron chi connectivity index (χ1n) is 9.86. The number of nitrogens with zero attached hydrogens (tertiary/aromatic N) is 2. The summed E-state index contributed by atoms with van der Waals surface area (Å²) in [5.74, 6) is 0.0800. The third-order valence-electron chi connectivity index (χ3n) is 4.03. The van der Waals surface area contributed by atoms with E-state index in [2.05, 4.69) is 0 Å². The summed E-state index contributed by atoms with van der Waals surface area (Å²) >= 11 is 0. The molecule has 0 aromatic rings. The van der Waals surface area contributed by atoms with Crippen molar-refractivity contribution in [2.45, 2.75) is 19.1 Å². The minimum Gasteiger partial charge on any atom is -0.395 e. The maximum absolute atomic E-state index is 9.97. The quantitative estimate of drug-likeness (QED) is 0.122. The molecule has 0 spiro atoms. The van der Waals surface area contributed by atoms with Crippen molar-refractivity contribution in [1.29, 1.82) is 0 Å². The second-order valence-corrected chi connectivity index (χ2v) is 6.98. The Morgan fingerprint density at radius 1 is 0.607 bits per heavy atom. The van der Waals surface area contributed by atoms with Crippen molar-refractivity contribution in [1.82, 2.24) is 9.80 Å². The van der Waals surface area contributed by atoms with E-state index in [1.165, 1.54) is 0 Å². The molecule has 0 bridgehead atoms. The van der Waals surface area contributed by atoms with Crippen LogP contribution in [-0.2, 0) is 9.47 Å². The molecule has 0 aromatic heterocycles. The molecule has 10 nitrogen and oxygen atoms in total. The van der Waals surface area contributed by atoms with E-state index in [0.29, 0.717) is 52.5 Å². The summed E-state index contributed by atoms with van der Waals surface area (Å²) < 4.78 is 11.0. The Hall–Kier alpha value is -0.400. The summed E-state index contributed by atoms with van der Waals surface area (Å²) in [4.78, 5) is 3.53. The monoisotopic (exact) mass is 412 g/mol. The minimum absolute atomic E-state index is 0.0361. The van der Waals surface area contributed by atoms with Gasteiger partial charge in [0.05, 0.1) is 65.1 Å². The van der Waals surface area contributed by atoms with Crippen LogP contribution in [0.4, 0.5) is 0 Å². The van der Waals surface area contributed by atoms with Crippen LogP contribution in [0.25, 0.3) is 0 Å². The molecule has 0 fully saturated rings. The van der Waals surface area contributed by atoms with E-state index in [1.807, 2.05) is 6.92 Å². The molecule has 2 unspecified atom stereocenters. The first kappa shape index (κ1) is 27.6. The summed E-state index contributed by atoms with van der Waals surface area (Å²) in [5, 5.41) is 55.8. The summed E-state index contributed by atoms with van der Waals surface area (Å²) in [7, 11) is 0. The van der Waals surface area contributed by atoms with Crippen LogP contribution in [0.15, 0.2) is 0 Å².